The van der Waals surface area contributed by atoms with Gasteiger partial charge in [0, 0.05) is 5.54 Å². The average Bonchev–Trinajstić information content (AvgIpc) is 2.93. The zero-order valence-electron chi connectivity index (χ0n) is 13.1. The first-order chi connectivity index (χ1) is 10.8. The third-order valence-corrected chi connectivity index (χ3v) is 2.95. The molecule has 0 aliphatic carbocycles. The van der Waals surface area contributed by atoms with Crippen molar-refractivity contribution in [1.82, 2.24) is 16.2 Å². The minimum atomic E-state index is -0.509. The summed E-state index contributed by atoms with van der Waals surface area (Å²) in [6.07, 6.45) is 0. The molecule has 3 N–H and O–H groups in total. The molecule has 23 heavy (non-hydrogen) atoms. The second-order valence-corrected chi connectivity index (χ2v) is 6.34. The first kappa shape index (κ1) is 17.0. The van der Waals surface area contributed by atoms with Crippen LogP contribution in [-0.2, 0) is 0 Å². The van der Waals surface area contributed by atoms with Gasteiger partial charge in [-0.1, -0.05) is 12.1 Å². The number of rotatable bonds is 2. The first-order valence-electron chi connectivity index (χ1n) is 6.99. The van der Waals surface area contributed by atoms with E-state index in [0.717, 1.165) is 0 Å². The fourth-order valence-electron chi connectivity index (χ4n) is 1.81. The molecule has 1 amide bonds. The molecular formula is C16H18FN3O2S. The molecule has 2 rings (SSSR count). The third kappa shape index (κ3) is 4.79. The van der Waals surface area contributed by atoms with E-state index in [0.29, 0.717) is 5.56 Å². The van der Waals surface area contributed by atoms with E-state index in [9.17, 15) is 9.18 Å². The predicted octanol–water partition coefficient (Wildman–Crippen LogP) is 2.99. The number of carbonyl (C=O) groups excluding carboxylic acids is 1. The van der Waals surface area contributed by atoms with Crippen LogP contribution < -0.4 is 16.2 Å². The lowest BCUT2D eigenvalue weighted by Crippen LogP contribution is -2.52. The number of nitrogens with one attached hydrogen (secondary N) is 3. The van der Waals surface area contributed by atoms with Crippen molar-refractivity contribution in [2.75, 3.05) is 0 Å². The highest BCUT2D eigenvalue weighted by molar-refractivity contribution is 7.80. The largest absolute Gasteiger partial charge is 0.451 e. The molecule has 0 saturated heterocycles. The van der Waals surface area contributed by atoms with Gasteiger partial charge >= 0.3 is 5.91 Å². The van der Waals surface area contributed by atoms with Crippen molar-refractivity contribution in [3.05, 3.63) is 48.0 Å². The van der Waals surface area contributed by atoms with Gasteiger partial charge in [-0.15, -0.1) is 0 Å². The molecule has 1 aromatic heterocycles. The van der Waals surface area contributed by atoms with Crippen LogP contribution in [0.5, 0.6) is 0 Å². The Kier molecular flexibility index (Phi) is 5.00. The van der Waals surface area contributed by atoms with Gasteiger partial charge in [0.05, 0.1) is 5.56 Å². The smallest absolute Gasteiger partial charge is 0.305 e. The SMILES string of the molecule is CC(C)(C)NC(=S)NNC(=O)c1ccc(-c2ccccc2F)o1. The van der Waals surface area contributed by atoms with Crippen molar-refractivity contribution in [2.45, 2.75) is 26.3 Å². The van der Waals surface area contributed by atoms with Gasteiger partial charge in [-0.05, 0) is 57.3 Å². The lowest BCUT2D eigenvalue weighted by Gasteiger charge is -2.22. The number of hydrogen-bond acceptors (Lipinski definition) is 3. The average molecular weight is 335 g/mol. The molecule has 5 nitrogen and oxygen atoms in total. The van der Waals surface area contributed by atoms with Gasteiger partial charge in [-0.2, -0.15) is 0 Å². The second kappa shape index (κ2) is 6.78. The van der Waals surface area contributed by atoms with Crippen LogP contribution in [0.25, 0.3) is 11.3 Å². The molecule has 0 fully saturated rings. The monoisotopic (exact) mass is 335 g/mol. The fraction of sp³-hybridized carbons (Fsp3) is 0.250. The normalized spacial score (nSPS) is 11.0. The highest BCUT2D eigenvalue weighted by Gasteiger charge is 2.15. The summed E-state index contributed by atoms with van der Waals surface area (Å²) in [6, 6.07) is 9.20. The van der Waals surface area contributed by atoms with Crippen molar-refractivity contribution >= 4 is 23.2 Å². The number of benzene rings is 1. The van der Waals surface area contributed by atoms with Gasteiger partial charge in [0.25, 0.3) is 0 Å². The van der Waals surface area contributed by atoms with E-state index < -0.39 is 11.7 Å². The minimum absolute atomic E-state index is 0.0503. The molecule has 0 radical (unpaired) electrons. The van der Waals surface area contributed by atoms with Crippen LogP contribution in [0, 0.1) is 5.82 Å². The summed E-state index contributed by atoms with van der Waals surface area (Å²) in [5, 5.41) is 3.27. The van der Waals surface area contributed by atoms with Gasteiger partial charge in [0.15, 0.2) is 10.9 Å². The summed E-state index contributed by atoms with van der Waals surface area (Å²) in [5.74, 6) is -0.592. The lowest BCUT2D eigenvalue weighted by molar-refractivity contribution is 0.0916. The number of thiocarbonyl (C=S) groups is 1. The highest BCUT2D eigenvalue weighted by atomic mass is 32.1. The van der Waals surface area contributed by atoms with E-state index in [1.54, 1.807) is 24.3 Å². The molecule has 122 valence electrons. The Morgan fingerprint density at radius 3 is 2.48 bits per heavy atom. The van der Waals surface area contributed by atoms with Crippen molar-refractivity contribution in [1.29, 1.82) is 0 Å². The maximum atomic E-state index is 13.7. The zero-order valence-corrected chi connectivity index (χ0v) is 13.9. The van der Waals surface area contributed by atoms with Crippen LogP contribution in [0.1, 0.15) is 31.3 Å². The summed E-state index contributed by atoms with van der Waals surface area (Å²) >= 11 is 5.05. The predicted molar refractivity (Wildman–Crippen MR) is 90.2 cm³/mol. The van der Waals surface area contributed by atoms with Crippen LogP contribution in [0.3, 0.4) is 0 Å². The quantitative estimate of drug-likeness (QED) is 0.582. The summed E-state index contributed by atoms with van der Waals surface area (Å²) in [6.45, 7) is 5.82. The summed E-state index contributed by atoms with van der Waals surface area (Å²) < 4.78 is 19.1. The number of amides is 1. The molecule has 0 unspecified atom stereocenters. The van der Waals surface area contributed by atoms with Crippen molar-refractivity contribution in [3.8, 4) is 11.3 Å². The standard InChI is InChI=1S/C16H18FN3O2S/c1-16(2,3)18-15(23)20-19-14(21)13-9-8-12(22-13)10-6-4-5-7-11(10)17/h4-9H,1-3H3,(H,19,21)(H2,18,20,23). The third-order valence-electron chi connectivity index (χ3n) is 2.75. The van der Waals surface area contributed by atoms with Gasteiger partial charge in [0.1, 0.15) is 11.6 Å². The van der Waals surface area contributed by atoms with Crippen LogP contribution >= 0.6 is 12.2 Å². The van der Waals surface area contributed by atoms with Crippen LogP contribution in [0.4, 0.5) is 4.39 Å². The first-order valence-corrected chi connectivity index (χ1v) is 7.40. The van der Waals surface area contributed by atoms with Crippen molar-refractivity contribution < 1.29 is 13.6 Å². The number of carbonyl (C=O) groups is 1. The Morgan fingerprint density at radius 2 is 1.83 bits per heavy atom. The number of halogens is 1. The van der Waals surface area contributed by atoms with E-state index in [1.165, 1.54) is 12.1 Å². The maximum absolute atomic E-state index is 13.7. The van der Waals surface area contributed by atoms with Crippen LogP contribution in [-0.4, -0.2) is 16.6 Å². The van der Waals surface area contributed by atoms with E-state index in [-0.39, 0.29) is 22.2 Å². The molecule has 0 atom stereocenters. The molecule has 0 bridgehead atoms. The second-order valence-electron chi connectivity index (χ2n) is 5.93. The van der Waals surface area contributed by atoms with Crippen molar-refractivity contribution in [3.63, 3.8) is 0 Å². The minimum Gasteiger partial charge on any atom is -0.451 e. The van der Waals surface area contributed by atoms with E-state index in [4.69, 9.17) is 16.6 Å². The van der Waals surface area contributed by atoms with Gasteiger partial charge in [-0.3, -0.25) is 15.6 Å². The number of hydrogen-bond donors (Lipinski definition) is 3. The molecule has 0 spiro atoms. The Labute approximate surface area is 139 Å². The summed E-state index contributed by atoms with van der Waals surface area (Å²) in [7, 11) is 0. The fourth-order valence-corrected chi connectivity index (χ4v) is 2.17. The van der Waals surface area contributed by atoms with Crippen LogP contribution in [0.2, 0.25) is 0 Å². The zero-order chi connectivity index (χ0) is 17.0. The lowest BCUT2D eigenvalue weighted by atomic mass is 10.1. The van der Waals surface area contributed by atoms with Crippen molar-refractivity contribution in [2.24, 2.45) is 0 Å². The van der Waals surface area contributed by atoms with Gasteiger partial charge in [-0.25, -0.2) is 4.39 Å². The number of hydrazine groups is 1. The Morgan fingerprint density at radius 1 is 1.13 bits per heavy atom. The Balaban J connectivity index is 1.99. The highest BCUT2D eigenvalue weighted by Crippen LogP contribution is 2.24. The molecular weight excluding hydrogens is 317 g/mol. The number of furan rings is 1. The summed E-state index contributed by atoms with van der Waals surface area (Å²) in [5.41, 5.74) is 5.08. The molecule has 0 aliphatic heterocycles. The molecule has 0 aliphatic rings. The van der Waals surface area contributed by atoms with Gasteiger partial charge < -0.3 is 9.73 Å². The Bertz CT molecular complexity index is 722. The summed E-state index contributed by atoms with van der Waals surface area (Å²) in [4.78, 5) is 12.0. The maximum Gasteiger partial charge on any atom is 0.305 e. The van der Waals surface area contributed by atoms with E-state index >= 15 is 0 Å². The van der Waals surface area contributed by atoms with E-state index in [1.807, 2.05) is 20.8 Å². The molecule has 0 saturated carbocycles. The van der Waals surface area contributed by atoms with E-state index in [2.05, 4.69) is 16.2 Å². The van der Waals surface area contributed by atoms with Gasteiger partial charge in [0.2, 0.25) is 0 Å². The molecule has 1 heterocycles. The van der Waals surface area contributed by atoms with Crippen LogP contribution in [0.15, 0.2) is 40.8 Å². The molecule has 2 aromatic rings. The topological polar surface area (TPSA) is 66.3 Å². The Hall–Kier alpha value is -2.41. The molecule has 1 aromatic carbocycles. The molecule has 7 heteroatoms.